The maximum atomic E-state index is 13.5. The number of carbonyl (C=O) groups is 1. The molecule has 1 aromatic carbocycles. The maximum absolute atomic E-state index is 13.5. The number of rotatable bonds is 6. The molecular weight excluding hydrogens is 493 g/mol. The van der Waals surface area contributed by atoms with Crippen molar-refractivity contribution in [2.75, 3.05) is 26.0 Å². The number of aryl methyl sites for hydroxylation is 1. The Balaban J connectivity index is 1.48. The quantitative estimate of drug-likeness (QED) is 0.503. The number of hydrogen-bond acceptors (Lipinski definition) is 5. The van der Waals surface area contributed by atoms with Gasteiger partial charge >= 0.3 is 6.18 Å². The molecule has 1 atom stereocenters. The van der Waals surface area contributed by atoms with Crippen LogP contribution >= 0.6 is 11.6 Å². The number of halogens is 4. The van der Waals surface area contributed by atoms with Crippen molar-refractivity contribution < 1.29 is 18.0 Å². The Morgan fingerprint density at radius 1 is 1.17 bits per heavy atom. The molecule has 2 aromatic heterocycles. The number of benzene rings is 1. The van der Waals surface area contributed by atoms with Gasteiger partial charge in [0.1, 0.15) is 11.7 Å². The first-order chi connectivity index (χ1) is 16.9. The van der Waals surface area contributed by atoms with Crippen molar-refractivity contribution in [3.8, 4) is 0 Å². The van der Waals surface area contributed by atoms with Crippen molar-refractivity contribution in [1.29, 1.82) is 0 Å². The molecule has 1 aliphatic rings. The van der Waals surface area contributed by atoms with Gasteiger partial charge in [-0.15, -0.1) is 0 Å². The van der Waals surface area contributed by atoms with Gasteiger partial charge in [-0.1, -0.05) is 11.6 Å². The highest BCUT2D eigenvalue weighted by Crippen LogP contribution is 2.37. The van der Waals surface area contributed by atoms with Crippen LogP contribution in [0.2, 0.25) is 5.02 Å². The molecule has 3 aromatic rings. The van der Waals surface area contributed by atoms with E-state index in [0.29, 0.717) is 16.1 Å². The minimum Gasteiger partial charge on any atom is -0.371 e. The van der Waals surface area contributed by atoms with Gasteiger partial charge in [0.05, 0.1) is 11.7 Å². The highest BCUT2D eigenvalue weighted by atomic mass is 35.5. The molecule has 0 aliphatic heterocycles. The van der Waals surface area contributed by atoms with E-state index in [-0.39, 0.29) is 23.5 Å². The molecule has 1 amide bonds. The second-order valence-corrected chi connectivity index (χ2v) is 10.1. The summed E-state index contributed by atoms with van der Waals surface area (Å²) in [6, 6.07) is 5.38. The van der Waals surface area contributed by atoms with Crippen LogP contribution in [0.5, 0.6) is 0 Å². The van der Waals surface area contributed by atoms with E-state index in [1.807, 2.05) is 44.2 Å². The molecule has 1 aliphatic carbocycles. The number of carbonyl (C=O) groups excluding carboxylic acids is 1. The van der Waals surface area contributed by atoms with E-state index < -0.39 is 17.9 Å². The summed E-state index contributed by atoms with van der Waals surface area (Å²) in [6.07, 6.45) is 1.88. The summed E-state index contributed by atoms with van der Waals surface area (Å²) >= 11 is 6.15. The van der Waals surface area contributed by atoms with Crippen LogP contribution in [0.1, 0.15) is 43.0 Å². The summed E-state index contributed by atoms with van der Waals surface area (Å²) in [4.78, 5) is 20.6. The van der Waals surface area contributed by atoms with Gasteiger partial charge in [0.25, 0.3) is 0 Å². The van der Waals surface area contributed by atoms with Crippen molar-refractivity contribution in [3.63, 3.8) is 0 Å². The van der Waals surface area contributed by atoms with Crippen LogP contribution in [0.15, 0.2) is 36.7 Å². The Hall–Kier alpha value is -2.85. The van der Waals surface area contributed by atoms with E-state index >= 15 is 0 Å². The molecule has 0 bridgehead atoms. The molecule has 1 saturated carbocycles. The molecule has 1 N–H and O–H groups in total. The fraction of sp³-hybridized carbons (Fsp3) is 0.480. The Morgan fingerprint density at radius 3 is 2.44 bits per heavy atom. The molecular formula is C25H30ClF3N6O. The SMILES string of the molecule is CN(C)C(C(=O)N[C@H]1CC[C@@H](N(C)c2cc(C(F)(F)F)nc3ccc(Cl)cc23)CC1)c1cnn(C)c1. The normalized spacial score (nSPS) is 19.5. The number of nitrogens with one attached hydrogen (secondary N) is 1. The number of hydrogen-bond donors (Lipinski definition) is 1. The van der Waals surface area contributed by atoms with Crippen LogP contribution in [0.3, 0.4) is 0 Å². The average molecular weight is 523 g/mol. The summed E-state index contributed by atoms with van der Waals surface area (Å²) in [5.41, 5.74) is 0.594. The molecule has 4 rings (SSSR count). The molecule has 0 radical (unpaired) electrons. The summed E-state index contributed by atoms with van der Waals surface area (Å²) in [7, 11) is 7.32. The summed E-state index contributed by atoms with van der Waals surface area (Å²) in [5.74, 6) is -0.0885. The Labute approximate surface area is 213 Å². The van der Waals surface area contributed by atoms with Crippen LogP contribution in [0, 0.1) is 0 Å². The Morgan fingerprint density at radius 2 is 1.86 bits per heavy atom. The van der Waals surface area contributed by atoms with E-state index in [2.05, 4.69) is 15.4 Å². The first-order valence-corrected chi connectivity index (χ1v) is 12.2. The molecule has 1 unspecified atom stereocenters. The van der Waals surface area contributed by atoms with Crippen molar-refractivity contribution in [1.82, 2.24) is 25.0 Å². The van der Waals surface area contributed by atoms with Gasteiger partial charge in [-0.05, 0) is 64.0 Å². The molecule has 7 nitrogen and oxygen atoms in total. The average Bonchev–Trinajstić information content (AvgIpc) is 3.23. The lowest BCUT2D eigenvalue weighted by molar-refractivity contribution is -0.141. The predicted octanol–water partition coefficient (Wildman–Crippen LogP) is 4.81. The third kappa shape index (κ3) is 5.59. The largest absolute Gasteiger partial charge is 0.433 e. The van der Waals surface area contributed by atoms with Crippen LogP contribution in [0.25, 0.3) is 10.9 Å². The van der Waals surface area contributed by atoms with Crippen LogP contribution < -0.4 is 10.2 Å². The minimum absolute atomic E-state index is 0.00404. The van der Waals surface area contributed by atoms with Gasteiger partial charge in [-0.25, -0.2) is 4.98 Å². The number of pyridine rings is 1. The lowest BCUT2D eigenvalue weighted by atomic mass is 9.89. The zero-order valence-electron chi connectivity index (χ0n) is 20.7. The maximum Gasteiger partial charge on any atom is 0.433 e. The van der Waals surface area contributed by atoms with E-state index in [1.165, 1.54) is 6.07 Å². The first-order valence-electron chi connectivity index (χ1n) is 11.8. The Kier molecular flexibility index (Phi) is 7.47. The molecule has 0 saturated heterocycles. The number of amides is 1. The molecule has 1 fully saturated rings. The van der Waals surface area contributed by atoms with Crippen LogP contribution in [-0.2, 0) is 18.0 Å². The lowest BCUT2D eigenvalue weighted by Gasteiger charge is -2.37. The summed E-state index contributed by atoms with van der Waals surface area (Å²) < 4.78 is 42.3. The number of likely N-dealkylation sites (N-methyl/N-ethyl adjacent to an activating group) is 1. The smallest absolute Gasteiger partial charge is 0.371 e. The fourth-order valence-electron chi connectivity index (χ4n) is 4.97. The number of alkyl halides is 3. The van der Waals surface area contributed by atoms with Crippen LogP contribution in [-0.4, -0.2) is 58.8 Å². The van der Waals surface area contributed by atoms with Crippen molar-refractivity contribution in [2.45, 2.75) is 50.0 Å². The van der Waals surface area contributed by atoms with Gasteiger partial charge in [-0.3, -0.25) is 14.4 Å². The third-order valence-corrected chi connectivity index (χ3v) is 7.05. The number of fused-ring (bicyclic) bond motifs is 1. The van der Waals surface area contributed by atoms with E-state index in [0.717, 1.165) is 37.3 Å². The molecule has 36 heavy (non-hydrogen) atoms. The second kappa shape index (κ2) is 10.3. The molecule has 11 heteroatoms. The van der Waals surface area contributed by atoms with Gasteiger partial charge in [0.15, 0.2) is 0 Å². The highest BCUT2D eigenvalue weighted by molar-refractivity contribution is 6.31. The van der Waals surface area contributed by atoms with E-state index in [4.69, 9.17) is 11.6 Å². The van der Waals surface area contributed by atoms with Gasteiger partial charge in [0, 0.05) is 54.0 Å². The van der Waals surface area contributed by atoms with E-state index in [9.17, 15) is 18.0 Å². The topological polar surface area (TPSA) is 66.3 Å². The predicted molar refractivity (Wildman–Crippen MR) is 134 cm³/mol. The highest BCUT2D eigenvalue weighted by Gasteiger charge is 2.35. The van der Waals surface area contributed by atoms with Crippen molar-refractivity contribution >= 4 is 34.1 Å². The molecule has 0 spiro atoms. The lowest BCUT2D eigenvalue weighted by Crippen LogP contribution is -2.46. The van der Waals surface area contributed by atoms with Gasteiger partial charge in [-0.2, -0.15) is 18.3 Å². The zero-order valence-corrected chi connectivity index (χ0v) is 21.4. The number of nitrogens with zero attached hydrogens (tertiary/aromatic N) is 5. The number of aromatic nitrogens is 3. The fourth-order valence-corrected chi connectivity index (χ4v) is 5.14. The first kappa shape index (κ1) is 26.2. The summed E-state index contributed by atoms with van der Waals surface area (Å²) in [6.45, 7) is 0. The summed E-state index contributed by atoms with van der Waals surface area (Å²) in [5, 5.41) is 8.36. The standard InChI is InChI=1S/C25H30ClF3N6O/c1-33(2)23(15-13-30-34(3)14-15)24(36)31-17-6-8-18(9-7-17)35(4)21-12-22(25(27,28)29)32-20-10-5-16(26)11-19(20)21/h5,10-14,17-18,23H,6-9H2,1-4H3,(H,31,36)/t17-,18+,23?. The third-order valence-electron chi connectivity index (χ3n) is 6.82. The minimum atomic E-state index is -4.55. The second-order valence-electron chi connectivity index (χ2n) is 9.62. The van der Waals surface area contributed by atoms with E-state index in [1.54, 1.807) is 23.0 Å². The van der Waals surface area contributed by atoms with Gasteiger partial charge in [0.2, 0.25) is 5.91 Å². The van der Waals surface area contributed by atoms with Crippen molar-refractivity contribution in [3.05, 3.63) is 52.9 Å². The van der Waals surface area contributed by atoms with Crippen molar-refractivity contribution in [2.24, 2.45) is 7.05 Å². The Bertz CT molecular complexity index is 1240. The molecule has 194 valence electrons. The number of anilines is 1. The zero-order chi connectivity index (χ0) is 26.2. The monoisotopic (exact) mass is 522 g/mol. The van der Waals surface area contributed by atoms with Gasteiger partial charge < -0.3 is 10.2 Å². The van der Waals surface area contributed by atoms with Crippen LogP contribution in [0.4, 0.5) is 18.9 Å². The molecule has 2 heterocycles.